The van der Waals surface area contributed by atoms with E-state index in [2.05, 4.69) is 20.9 Å². The zero-order valence-electron chi connectivity index (χ0n) is 15.1. The molecule has 142 valence electrons. The molecule has 2 fully saturated rings. The quantitative estimate of drug-likeness (QED) is 0.751. The topological polar surface area (TPSA) is 82.7 Å². The van der Waals surface area contributed by atoms with Crippen LogP contribution < -0.4 is 20.9 Å². The molecule has 7 heteroatoms. The maximum Gasteiger partial charge on any atom is 0.315 e. The standard InChI is InChI=1S/C19H28N4O3/c24-18(14-20-19(25)22-16-8-12-26-13-9-16)21-15-4-6-17(7-5-15)23-10-2-1-3-11-23/h4-7,16H,1-3,8-14H2,(H,21,24)(H2,20,22,25). The van der Waals surface area contributed by atoms with Gasteiger partial charge in [-0.05, 0) is 56.4 Å². The van der Waals surface area contributed by atoms with Crippen LogP contribution in [0.25, 0.3) is 0 Å². The van der Waals surface area contributed by atoms with Crippen molar-refractivity contribution < 1.29 is 14.3 Å². The van der Waals surface area contributed by atoms with E-state index in [1.54, 1.807) is 0 Å². The average molecular weight is 360 g/mol. The Labute approximate surface area is 154 Å². The SMILES string of the molecule is O=C(CNC(=O)NC1CCOCC1)Nc1ccc(N2CCCCC2)cc1. The summed E-state index contributed by atoms with van der Waals surface area (Å²) in [4.78, 5) is 26.2. The molecular weight excluding hydrogens is 332 g/mol. The van der Waals surface area contributed by atoms with Gasteiger partial charge in [0, 0.05) is 43.7 Å². The van der Waals surface area contributed by atoms with Crippen molar-refractivity contribution in [2.75, 3.05) is 43.1 Å². The first kappa shape index (κ1) is 18.5. The maximum absolute atomic E-state index is 12.0. The van der Waals surface area contributed by atoms with Crippen molar-refractivity contribution in [2.45, 2.75) is 38.1 Å². The Morgan fingerprint density at radius 3 is 2.42 bits per heavy atom. The van der Waals surface area contributed by atoms with Crippen molar-refractivity contribution >= 4 is 23.3 Å². The number of ether oxygens (including phenoxy) is 1. The van der Waals surface area contributed by atoms with Gasteiger partial charge < -0.3 is 25.6 Å². The van der Waals surface area contributed by atoms with Crippen LogP contribution in [0.4, 0.5) is 16.2 Å². The number of nitrogens with zero attached hydrogens (tertiary/aromatic N) is 1. The number of hydrogen-bond donors (Lipinski definition) is 3. The van der Waals surface area contributed by atoms with E-state index < -0.39 is 0 Å². The zero-order valence-corrected chi connectivity index (χ0v) is 15.1. The minimum Gasteiger partial charge on any atom is -0.381 e. The van der Waals surface area contributed by atoms with Crippen LogP contribution in [0.1, 0.15) is 32.1 Å². The van der Waals surface area contributed by atoms with Crippen molar-refractivity contribution in [3.05, 3.63) is 24.3 Å². The largest absolute Gasteiger partial charge is 0.381 e. The van der Waals surface area contributed by atoms with Crippen LogP contribution in [0.2, 0.25) is 0 Å². The van der Waals surface area contributed by atoms with Gasteiger partial charge in [-0.2, -0.15) is 0 Å². The number of carbonyl (C=O) groups excluding carboxylic acids is 2. The Balaban J connectivity index is 1.39. The molecule has 2 heterocycles. The summed E-state index contributed by atoms with van der Waals surface area (Å²) in [6.45, 7) is 3.47. The van der Waals surface area contributed by atoms with E-state index in [4.69, 9.17) is 4.74 Å². The van der Waals surface area contributed by atoms with Gasteiger partial charge in [0.1, 0.15) is 0 Å². The number of piperidine rings is 1. The van der Waals surface area contributed by atoms with Gasteiger partial charge in [-0.15, -0.1) is 0 Å². The van der Waals surface area contributed by atoms with Crippen molar-refractivity contribution in [3.8, 4) is 0 Å². The monoisotopic (exact) mass is 360 g/mol. The lowest BCUT2D eigenvalue weighted by Crippen LogP contribution is -2.46. The van der Waals surface area contributed by atoms with Gasteiger partial charge in [0.2, 0.25) is 5.91 Å². The van der Waals surface area contributed by atoms with Crippen LogP contribution in [0.15, 0.2) is 24.3 Å². The van der Waals surface area contributed by atoms with Crippen molar-refractivity contribution in [2.24, 2.45) is 0 Å². The summed E-state index contributed by atoms with van der Waals surface area (Å²) < 4.78 is 5.25. The van der Waals surface area contributed by atoms with E-state index in [1.165, 1.54) is 24.9 Å². The summed E-state index contributed by atoms with van der Waals surface area (Å²) in [5.41, 5.74) is 1.93. The highest BCUT2D eigenvalue weighted by molar-refractivity contribution is 5.94. The molecule has 0 bridgehead atoms. The van der Waals surface area contributed by atoms with Gasteiger partial charge in [0.05, 0.1) is 6.54 Å². The molecule has 1 aromatic rings. The molecule has 2 aliphatic heterocycles. The van der Waals surface area contributed by atoms with E-state index in [-0.39, 0.29) is 24.5 Å². The molecule has 2 saturated heterocycles. The van der Waals surface area contributed by atoms with Crippen LogP contribution in [0.3, 0.4) is 0 Å². The molecule has 0 atom stereocenters. The number of urea groups is 1. The van der Waals surface area contributed by atoms with Gasteiger partial charge in [0.15, 0.2) is 0 Å². The van der Waals surface area contributed by atoms with E-state index in [0.717, 1.165) is 31.6 Å². The third-order valence-corrected chi connectivity index (χ3v) is 4.84. The molecule has 0 aliphatic carbocycles. The minimum absolute atomic E-state index is 0.0526. The first-order valence-corrected chi connectivity index (χ1v) is 9.48. The number of rotatable bonds is 5. The lowest BCUT2D eigenvalue weighted by molar-refractivity contribution is -0.115. The number of anilines is 2. The lowest BCUT2D eigenvalue weighted by Gasteiger charge is -2.28. The van der Waals surface area contributed by atoms with Crippen LogP contribution in [0.5, 0.6) is 0 Å². The van der Waals surface area contributed by atoms with Crippen molar-refractivity contribution in [1.82, 2.24) is 10.6 Å². The van der Waals surface area contributed by atoms with Gasteiger partial charge in [-0.25, -0.2) is 4.79 Å². The van der Waals surface area contributed by atoms with Gasteiger partial charge >= 0.3 is 6.03 Å². The van der Waals surface area contributed by atoms with Crippen LogP contribution in [-0.2, 0) is 9.53 Å². The molecule has 3 N–H and O–H groups in total. The Morgan fingerprint density at radius 1 is 1.04 bits per heavy atom. The second-order valence-corrected chi connectivity index (χ2v) is 6.86. The summed E-state index contributed by atoms with van der Waals surface area (Å²) in [7, 11) is 0. The Hall–Kier alpha value is -2.28. The highest BCUT2D eigenvalue weighted by Gasteiger charge is 2.16. The van der Waals surface area contributed by atoms with E-state index in [1.807, 2.05) is 24.3 Å². The molecule has 7 nitrogen and oxygen atoms in total. The van der Waals surface area contributed by atoms with E-state index in [0.29, 0.717) is 13.2 Å². The molecule has 2 aliphatic rings. The fourth-order valence-corrected chi connectivity index (χ4v) is 3.35. The number of hydrogen-bond acceptors (Lipinski definition) is 4. The molecular formula is C19H28N4O3. The normalized spacial score (nSPS) is 18.2. The molecule has 0 saturated carbocycles. The summed E-state index contributed by atoms with van der Waals surface area (Å²) in [5.74, 6) is -0.238. The summed E-state index contributed by atoms with van der Waals surface area (Å²) in [6, 6.07) is 7.69. The third kappa shape index (κ3) is 5.62. The van der Waals surface area contributed by atoms with Gasteiger partial charge in [-0.1, -0.05) is 0 Å². The highest BCUT2D eigenvalue weighted by atomic mass is 16.5. The Morgan fingerprint density at radius 2 is 1.73 bits per heavy atom. The van der Waals surface area contributed by atoms with E-state index >= 15 is 0 Å². The predicted molar refractivity (Wildman–Crippen MR) is 102 cm³/mol. The molecule has 0 radical (unpaired) electrons. The molecule has 26 heavy (non-hydrogen) atoms. The summed E-state index contributed by atoms with van der Waals surface area (Å²) >= 11 is 0. The first-order valence-electron chi connectivity index (χ1n) is 9.48. The minimum atomic E-state index is -0.313. The van der Waals surface area contributed by atoms with Gasteiger partial charge in [-0.3, -0.25) is 4.79 Å². The summed E-state index contributed by atoms with van der Waals surface area (Å²) in [6.07, 6.45) is 5.39. The molecule has 0 spiro atoms. The number of nitrogens with one attached hydrogen (secondary N) is 3. The predicted octanol–water partition coefficient (Wildman–Crippen LogP) is 2.09. The molecule has 0 aromatic heterocycles. The molecule has 3 rings (SSSR count). The van der Waals surface area contributed by atoms with Crippen LogP contribution in [0, 0.1) is 0 Å². The second kappa shape index (κ2) is 9.43. The zero-order chi connectivity index (χ0) is 18.2. The number of benzene rings is 1. The average Bonchev–Trinajstić information content (AvgIpc) is 2.68. The number of carbonyl (C=O) groups is 2. The fraction of sp³-hybridized carbons (Fsp3) is 0.579. The first-order chi connectivity index (χ1) is 12.7. The van der Waals surface area contributed by atoms with Crippen molar-refractivity contribution in [1.29, 1.82) is 0 Å². The Bertz CT molecular complexity index is 593. The fourth-order valence-electron chi connectivity index (χ4n) is 3.35. The third-order valence-electron chi connectivity index (χ3n) is 4.84. The van der Waals surface area contributed by atoms with Crippen molar-refractivity contribution in [3.63, 3.8) is 0 Å². The Kier molecular flexibility index (Phi) is 6.71. The maximum atomic E-state index is 12.0. The molecule has 0 unspecified atom stereocenters. The van der Waals surface area contributed by atoms with Crippen LogP contribution in [-0.4, -0.2) is 50.8 Å². The highest BCUT2D eigenvalue weighted by Crippen LogP contribution is 2.21. The van der Waals surface area contributed by atoms with Gasteiger partial charge in [0.25, 0.3) is 0 Å². The smallest absolute Gasteiger partial charge is 0.315 e. The lowest BCUT2D eigenvalue weighted by atomic mass is 10.1. The second-order valence-electron chi connectivity index (χ2n) is 6.86. The van der Waals surface area contributed by atoms with E-state index in [9.17, 15) is 9.59 Å². The number of amides is 3. The molecule has 3 amide bonds. The van der Waals surface area contributed by atoms with Crippen LogP contribution >= 0.6 is 0 Å². The summed E-state index contributed by atoms with van der Waals surface area (Å²) in [5, 5.41) is 8.28. The molecule has 1 aromatic carbocycles.